The summed E-state index contributed by atoms with van der Waals surface area (Å²) in [6.07, 6.45) is 1.29. The number of hydrogen-bond acceptors (Lipinski definition) is 6. The summed E-state index contributed by atoms with van der Waals surface area (Å²) in [5.74, 6) is 1.97. The van der Waals surface area contributed by atoms with Gasteiger partial charge in [0.25, 0.3) is 5.91 Å². The van der Waals surface area contributed by atoms with E-state index in [1.165, 1.54) is 16.9 Å². The molecule has 1 saturated heterocycles. The van der Waals surface area contributed by atoms with Crippen molar-refractivity contribution in [3.05, 3.63) is 60.0 Å². The molecule has 8 nitrogen and oxygen atoms in total. The minimum atomic E-state index is 0.0530. The fourth-order valence-electron chi connectivity index (χ4n) is 3.72. The maximum absolute atomic E-state index is 12.9. The van der Waals surface area contributed by atoms with Crippen molar-refractivity contribution in [1.82, 2.24) is 15.1 Å². The quantitative estimate of drug-likeness (QED) is 0.661. The summed E-state index contributed by atoms with van der Waals surface area (Å²) in [4.78, 5) is 16.2. The zero-order valence-electron chi connectivity index (χ0n) is 17.1. The van der Waals surface area contributed by atoms with Gasteiger partial charge >= 0.3 is 0 Å². The van der Waals surface area contributed by atoms with E-state index in [0.29, 0.717) is 11.5 Å². The summed E-state index contributed by atoms with van der Waals surface area (Å²) in [6.45, 7) is 4.15. The molecule has 0 radical (unpaired) electrons. The second kappa shape index (κ2) is 8.96. The van der Waals surface area contributed by atoms with Gasteiger partial charge < -0.3 is 23.7 Å². The van der Waals surface area contributed by atoms with E-state index in [0.717, 1.165) is 49.8 Å². The number of aromatic nitrogens is 2. The Kier molecular flexibility index (Phi) is 5.94. The number of carbonyl (C=O) groups excluding carboxylic acids is 1. The van der Waals surface area contributed by atoms with Crippen molar-refractivity contribution in [1.29, 1.82) is 0 Å². The molecular weight excluding hydrogens is 384 g/mol. The van der Waals surface area contributed by atoms with Crippen LogP contribution in [-0.4, -0.2) is 61.4 Å². The molecule has 1 N–H and O–H groups in total. The van der Waals surface area contributed by atoms with E-state index in [1.807, 2.05) is 41.3 Å². The second-order valence-corrected chi connectivity index (χ2v) is 7.23. The number of piperazine rings is 1. The SMILES string of the molecule is COc1ccc(C[NH+]2CCN(C(=O)c3ccc(-c4nnco4)cc3)CC2)cc1OC. The highest BCUT2D eigenvalue weighted by atomic mass is 16.5. The normalized spacial score (nSPS) is 14.5. The average molecular weight is 409 g/mol. The van der Waals surface area contributed by atoms with Gasteiger partial charge in [0.05, 0.1) is 40.4 Å². The Morgan fingerprint density at radius 2 is 1.80 bits per heavy atom. The fourth-order valence-corrected chi connectivity index (χ4v) is 3.72. The lowest BCUT2D eigenvalue weighted by atomic mass is 10.1. The number of carbonyl (C=O) groups is 1. The predicted molar refractivity (Wildman–Crippen MR) is 110 cm³/mol. The van der Waals surface area contributed by atoms with Gasteiger partial charge in [-0.1, -0.05) is 0 Å². The summed E-state index contributed by atoms with van der Waals surface area (Å²) in [5, 5.41) is 7.56. The van der Waals surface area contributed by atoms with E-state index in [9.17, 15) is 4.79 Å². The van der Waals surface area contributed by atoms with Crippen molar-refractivity contribution in [3.8, 4) is 23.0 Å². The van der Waals surface area contributed by atoms with Crippen LogP contribution in [-0.2, 0) is 6.54 Å². The van der Waals surface area contributed by atoms with Crippen LogP contribution in [0.1, 0.15) is 15.9 Å². The van der Waals surface area contributed by atoms with Gasteiger partial charge in [-0.3, -0.25) is 4.79 Å². The Morgan fingerprint density at radius 3 is 2.43 bits per heavy atom. The number of benzene rings is 2. The first-order valence-corrected chi connectivity index (χ1v) is 9.88. The van der Waals surface area contributed by atoms with Crippen LogP contribution < -0.4 is 14.4 Å². The van der Waals surface area contributed by atoms with Crippen molar-refractivity contribution >= 4 is 5.91 Å². The zero-order chi connectivity index (χ0) is 20.9. The molecule has 0 unspecified atom stereocenters. The van der Waals surface area contributed by atoms with E-state index < -0.39 is 0 Å². The molecule has 1 aliphatic heterocycles. The highest BCUT2D eigenvalue weighted by molar-refractivity contribution is 5.94. The summed E-state index contributed by atoms with van der Waals surface area (Å²) in [6, 6.07) is 13.3. The van der Waals surface area contributed by atoms with Gasteiger partial charge in [-0.2, -0.15) is 0 Å². The van der Waals surface area contributed by atoms with Crippen LogP contribution in [0.4, 0.5) is 0 Å². The lowest BCUT2D eigenvalue weighted by Gasteiger charge is -2.32. The molecule has 1 aliphatic rings. The molecule has 0 saturated carbocycles. The third-order valence-corrected chi connectivity index (χ3v) is 5.40. The molecule has 1 aromatic heterocycles. The molecule has 2 aromatic carbocycles. The topological polar surface area (TPSA) is 82.1 Å². The third kappa shape index (κ3) is 4.28. The van der Waals surface area contributed by atoms with E-state index >= 15 is 0 Å². The summed E-state index contributed by atoms with van der Waals surface area (Å²) < 4.78 is 15.9. The molecular formula is C22H25N4O4+. The van der Waals surface area contributed by atoms with E-state index in [4.69, 9.17) is 13.9 Å². The van der Waals surface area contributed by atoms with Gasteiger partial charge in [0.15, 0.2) is 11.5 Å². The Balaban J connectivity index is 1.33. The molecule has 0 spiro atoms. The van der Waals surface area contributed by atoms with Gasteiger partial charge in [0, 0.05) is 16.7 Å². The summed E-state index contributed by atoms with van der Waals surface area (Å²) >= 11 is 0. The molecule has 156 valence electrons. The van der Waals surface area contributed by atoms with Crippen LogP contribution in [0.5, 0.6) is 11.5 Å². The third-order valence-electron chi connectivity index (χ3n) is 5.40. The van der Waals surface area contributed by atoms with Crippen molar-refractivity contribution < 1.29 is 23.6 Å². The molecule has 2 heterocycles. The van der Waals surface area contributed by atoms with Gasteiger partial charge in [-0.05, 0) is 42.5 Å². The van der Waals surface area contributed by atoms with Crippen LogP contribution in [0, 0.1) is 0 Å². The monoisotopic (exact) mass is 409 g/mol. The highest BCUT2D eigenvalue weighted by Gasteiger charge is 2.25. The van der Waals surface area contributed by atoms with E-state index in [-0.39, 0.29) is 5.91 Å². The van der Waals surface area contributed by atoms with Crippen LogP contribution in [0.15, 0.2) is 53.3 Å². The predicted octanol–water partition coefficient (Wildman–Crippen LogP) is 1.29. The number of rotatable bonds is 6. The first-order chi connectivity index (χ1) is 14.7. The number of ether oxygens (including phenoxy) is 2. The molecule has 3 aromatic rings. The Labute approximate surface area is 175 Å². The second-order valence-electron chi connectivity index (χ2n) is 7.23. The summed E-state index contributed by atoms with van der Waals surface area (Å²) in [5.41, 5.74) is 2.66. The van der Waals surface area contributed by atoms with Crippen LogP contribution in [0.2, 0.25) is 0 Å². The molecule has 1 fully saturated rings. The smallest absolute Gasteiger partial charge is 0.254 e. The van der Waals surface area contributed by atoms with Gasteiger partial charge in [-0.15, -0.1) is 10.2 Å². The number of hydrogen-bond donors (Lipinski definition) is 1. The van der Waals surface area contributed by atoms with Crippen molar-refractivity contribution in [2.24, 2.45) is 0 Å². The number of nitrogens with zero attached hydrogens (tertiary/aromatic N) is 3. The fraction of sp³-hybridized carbons (Fsp3) is 0.318. The van der Waals surface area contributed by atoms with Gasteiger partial charge in [0.2, 0.25) is 12.3 Å². The highest BCUT2D eigenvalue weighted by Crippen LogP contribution is 2.27. The lowest BCUT2D eigenvalue weighted by molar-refractivity contribution is -0.917. The zero-order valence-corrected chi connectivity index (χ0v) is 17.1. The Hall–Kier alpha value is -3.39. The van der Waals surface area contributed by atoms with Gasteiger partial charge in [-0.25, -0.2) is 0 Å². The largest absolute Gasteiger partial charge is 0.493 e. The molecule has 30 heavy (non-hydrogen) atoms. The van der Waals surface area contributed by atoms with E-state index in [1.54, 1.807) is 14.2 Å². The standard InChI is InChI=1S/C22H24N4O4/c1-28-19-8-3-16(13-20(19)29-2)14-25-9-11-26(12-10-25)22(27)18-6-4-17(5-7-18)21-24-23-15-30-21/h3-8,13,15H,9-12,14H2,1-2H3/p+1. The number of nitrogens with one attached hydrogen (secondary N) is 1. The molecule has 0 aliphatic carbocycles. The van der Waals surface area contributed by atoms with Crippen molar-refractivity contribution in [2.45, 2.75) is 6.54 Å². The number of methoxy groups -OCH3 is 2. The Morgan fingerprint density at radius 1 is 1.07 bits per heavy atom. The van der Waals surface area contributed by atoms with Crippen molar-refractivity contribution in [2.75, 3.05) is 40.4 Å². The van der Waals surface area contributed by atoms with Crippen LogP contribution in [0.25, 0.3) is 11.5 Å². The minimum Gasteiger partial charge on any atom is -0.493 e. The van der Waals surface area contributed by atoms with Crippen LogP contribution >= 0.6 is 0 Å². The molecule has 4 rings (SSSR count). The van der Waals surface area contributed by atoms with Crippen molar-refractivity contribution in [3.63, 3.8) is 0 Å². The molecule has 0 atom stereocenters. The number of amides is 1. The Bertz CT molecular complexity index is 981. The lowest BCUT2D eigenvalue weighted by Crippen LogP contribution is -3.13. The first-order valence-electron chi connectivity index (χ1n) is 9.88. The average Bonchev–Trinajstić information content (AvgIpc) is 3.34. The molecule has 0 bridgehead atoms. The van der Waals surface area contributed by atoms with Gasteiger partial charge in [0.1, 0.15) is 6.54 Å². The summed E-state index contributed by atoms with van der Waals surface area (Å²) in [7, 11) is 3.28. The maximum atomic E-state index is 12.9. The minimum absolute atomic E-state index is 0.0530. The molecule has 1 amide bonds. The molecule has 8 heteroatoms. The van der Waals surface area contributed by atoms with E-state index in [2.05, 4.69) is 16.3 Å². The number of quaternary nitrogens is 1. The van der Waals surface area contributed by atoms with Crippen LogP contribution in [0.3, 0.4) is 0 Å². The first kappa shape index (κ1) is 19.9. The maximum Gasteiger partial charge on any atom is 0.254 e.